The average molecular weight is 216 g/mol. The molecule has 1 aromatic carbocycles. The number of aromatic nitrogens is 3. The van der Waals surface area contributed by atoms with Gasteiger partial charge in [-0.15, -0.1) is 5.10 Å². The van der Waals surface area contributed by atoms with Crippen LogP contribution in [-0.2, 0) is 5.41 Å². The van der Waals surface area contributed by atoms with Crippen LogP contribution >= 0.6 is 0 Å². The van der Waals surface area contributed by atoms with Crippen molar-refractivity contribution < 1.29 is 0 Å². The summed E-state index contributed by atoms with van der Waals surface area (Å²) in [6, 6.07) is 7.62. The highest BCUT2D eigenvalue weighted by molar-refractivity contribution is 5.45. The van der Waals surface area contributed by atoms with Crippen LogP contribution in [0.1, 0.15) is 26.5 Å². The lowest BCUT2D eigenvalue weighted by atomic mass is 9.92. The van der Waals surface area contributed by atoms with E-state index in [2.05, 4.69) is 31.1 Å². The van der Waals surface area contributed by atoms with Gasteiger partial charge in [-0.25, -0.2) is 4.68 Å². The van der Waals surface area contributed by atoms with Crippen molar-refractivity contribution in [2.75, 3.05) is 5.73 Å². The Labute approximate surface area is 95.1 Å². The molecule has 0 aliphatic carbocycles. The van der Waals surface area contributed by atoms with Crippen LogP contribution < -0.4 is 5.73 Å². The number of hydrogen-bond donors (Lipinski definition) is 1. The molecule has 4 heteroatoms. The van der Waals surface area contributed by atoms with Gasteiger partial charge in [0.25, 0.3) is 0 Å². The summed E-state index contributed by atoms with van der Waals surface area (Å²) in [6.07, 6.45) is 1.80. The van der Waals surface area contributed by atoms with Crippen LogP contribution in [0, 0.1) is 0 Å². The molecular weight excluding hydrogens is 200 g/mol. The van der Waals surface area contributed by atoms with E-state index in [4.69, 9.17) is 5.73 Å². The Morgan fingerprint density at radius 3 is 2.31 bits per heavy atom. The molecule has 0 aliphatic rings. The first kappa shape index (κ1) is 10.7. The Morgan fingerprint density at radius 1 is 1.12 bits per heavy atom. The van der Waals surface area contributed by atoms with Gasteiger partial charge in [0, 0.05) is 11.1 Å². The fourth-order valence-corrected chi connectivity index (χ4v) is 1.55. The second kappa shape index (κ2) is 3.63. The summed E-state index contributed by atoms with van der Waals surface area (Å²) in [6.45, 7) is 6.42. The maximum absolute atomic E-state index is 5.66. The fraction of sp³-hybridized carbons (Fsp3) is 0.333. The van der Waals surface area contributed by atoms with Crippen LogP contribution in [0.4, 0.5) is 5.69 Å². The lowest BCUT2D eigenvalue weighted by Gasteiger charge is -2.19. The number of nitrogens with two attached hydrogens (primary N) is 1. The third-order valence-corrected chi connectivity index (χ3v) is 2.46. The zero-order chi connectivity index (χ0) is 11.8. The molecule has 4 nitrogen and oxygen atoms in total. The van der Waals surface area contributed by atoms with Gasteiger partial charge < -0.3 is 5.73 Å². The van der Waals surface area contributed by atoms with E-state index in [9.17, 15) is 0 Å². The van der Waals surface area contributed by atoms with Gasteiger partial charge >= 0.3 is 0 Å². The zero-order valence-electron chi connectivity index (χ0n) is 9.81. The number of hydrogen-bond acceptors (Lipinski definition) is 3. The highest BCUT2D eigenvalue weighted by Gasteiger charge is 2.20. The van der Waals surface area contributed by atoms with Crippen LogP contribution in [0.3, 0.4) is 0 Å². The molecule has 84 valence electrons. The van der Waals surface area contributed by atoms with E-state index >= 15 is 0 Å². The molecule has 0 fully saturated rings. The van der Waals surface area contributed by atoms with Crippen LogP contribution in [0.2, 0.25) is 0 Å². The van der Waals surface area contributed by atoms with Gasteiger partial charge in [0.05, 0.1) is 17.6 Å². The average Bonchev–Trinajstić information content (AvgIpc) is 2.66. The van der Waals surface area contributed by atoms with Gasteiger partial charge in [-0.2, -0.15) is 0 Å². The molecule has 2 rings (SSSR count). The van der Waals surface area contributed by atoms with Crippen LogP contribution in [-0.4, -0.2) is 15.0 Å². The molecular formula is C12H16N4. The number of nitrogen functional groups attached to an aromatic ring is 1. The molecule has 0 bridgehead atoms. The largest absolute Gasteiger partial charge is 0.399 e. The Balaban J connectivity index is 2.49. The van der Waals surface area contributed by atoms with Crippen LogP contribution in [0.5, 0.6) is 0 Å². The van der Waals surface area contributed by atoms with E-state index < -0.39 is 0 Å². The standard InChI is InChI=1S/C12H16N4/c1-12(2,3)11-8-14-15-16(11)10-6-4-9(13)5-7-10/h4-8H,13H2,1-3H3. The summed E-state index contributed by atoms with van der Waals surface area (Å²) >= 11 is 0. The number of anilines is 1. The van der Waals surface area contributed by atoms with E-state index in [0.29, 0.717) is 0 Å². The van der Waals surface area contributed by atoms with Crippen molar-refractivity contribution in [1.82, 2.24) is 15.0 Å². The quantitative estimate of drug-likeness (QED) is 0.743. The van der Waals surface area contributed by atoms with Crippen molar-refractivity contribution in [2.24, 2.45) is 0 Å². The fourth-order valence-electron chi connectivity index (χ4n) is 1.55. The van der Waals surface area contributed by atoms with Crippen molar-refractivity contribution in [3.8, 4) is 5.69 Å². The van der Waals surface area contributed by atoms with Gasteiger partial charge in [-0.3, -0.25) is 0 Å². The number of benzene rings is 1. The number of nitrogens with zero attached hydrogens (tertiary/aromatic N) is 3. The van der Waals surface area contributed by atoms with E-state index in [0.717, 1.165) is 17.1 Å². The van der Waals surface area contributed by atoms with Crippen molar-refractivity contribution >= 4 is 5.69 Å². The predicted molar refractivity (Wildman–Crippen MR) is 64.5 cm³/mol. The first-order chi connectivity index (χ1) is 7.48. The summed E-state index contributed by atoms with van der Waals surface area (Å²) in [5, 5.41) is 8.08. The summed E-state index contributed by atoms with van der Waals surface area (Å²) in [5.41, 5.74) is 8.49. The molecule has 0 atom stereocenters. The molecule has 2 N–H and O–H groups in total. The highest BCUT2D eigenvalue weighted by Crippen LogP contribution is 2.23. The second-order valence-corrected chi connectivity index (χ2v) is 4.87. The second-order valence-electron chi connectivity index (χ2n) is 4.87. The van der Waals surface area contributed by atoms with Gasteiger partial charge in [0.2, 0.25) is 0 Å². The summed E-state index contributed by atoms with van der Waals surface area (Å²) in [7, 11) is 0. The summed E-state index contributed by atoms with van der Waals surface area (Å²) < 4.78 is 1.85. The first-order valence-corrected chi connectivity index (χ1v) is 5.25. The Kier molecular flexibility index (Phi) is 2.42. The first-order valence-electron chi connectivity index (χ1n) is 5.25. The molecule has 1 heterocycles. The molecule has 0 amide bonds. The van der Waals surface area contributed by atoms with E-state index in [1.807, 2.05) is 28.9 Å². The van der Waals surface area contributed by atoms with Crippen LogP contribution in [0.15, 0.2) is 30.5 Å². The molecule has 0 unspecified atom stereocenters. The Bertz CT molecular complexity index is 476. The summed E-state index contributed by atoms with van der Waals surface area (Å²) in [4.78, 5) is 0. The summed E-state index contributed by atoms with van der Waals surface area (Å²) in [5.74, 6) is 0. The molecule has 0 saturated heterocycles. The minimum Gasteiger partial charge on any atom is -0.399 e. The molecule has 0 spiro atoms. The van der Waals surface area contributed by atoms with E-state index in [1.54, 1.807) is 6.20 Å². The topological polar surface area (TPSA) is 56.7 Å². The minimum atomic E-state index is 0.0187. The highest BCUT2D eigenvalue weighted by atomic mass is 15.4. The van der Waals surface area contributed by atoms with Gasteiger partial charge in [0.15, 0.2) is 0 Å². The van der Waals surface area contributed by atoms with Gasteiger partial charge in [-0.1, -0.05) is 26.0 Å². The smallest absolute Gasteiger partial charge is 0.0735 e. The molecule has 1 aromatic heterocycles. The molecule has 2 aromatic rings. The third kappa shape index (κ3) is 1.91. The Morgan fingerprint density at radius 2 is 1.75 bits per heavy atom. The van der Waals surface area contributed by atoms with E-state index in [-0.39, 0.29) is 5.41 Å². The SMILES string of the molecule is CC(C)(C)c1cnnn1-c1ccc(N)cc1. The monoisotopic (exact) mass is 216 g/mol. The molecule has 16 heavy (non-hydrogen) atoms. The van der Waals surface area contributed by atoms with Crippen molar-refractivity contribution in [3.63, 3.8) is 0 Å². The maximum atomic E-state index is 5.66. The molecule has 0 radical (unpaired) electrons. The van der Waals surface area contributed by atoms with Crippen LogP contribution in [0.25, 0.3) is 5.69 Å². The van der Waals surface area contributed by atoms with Crippen molar-refractivity contribution in [3.05, 3.63) is 36.2 Å². The lowest BCUT2D eigenvalue weighted by molar-refractivity contribution is 0.542. The lowest BCUT2D eigenvalue weighted by Crippen LogP contribution is -2.17. The van der Waals surface area contributed by atoms with E-state index in [1.165, 1.54) is 0 Å². The van der Waals surface area contributed by atoms with Gasteiger partial charge in [-0.05, 0) is 24.3 Å². The third-order valence-electron chi connectivity index (χ3n) is 2.46. The zero-order valence-corrected chi connectivity index (χ0v) is 9.81. The normalized spacial score (nSPS) is 11.7. The van der Waals surface area contributed by atoms with Crippen molar-refractivity contribution in [1.29, 1.82) is 0 Å². The predicted octanol–water partition coefficient (Wildman–Crippen LogP) is 2.15. The maximum Gasteiger partial charge on any atom is 0.0735 e. The molecule has 0 aliphatic heterocycles. The van der Waals surface area contributed by atoms with Gasteiger partial charge in [0.1, 0.15) is 0 Å². The van der Waals surface area contributed by atoms with Crippen molar-refractivity contribution in [2.45, 2.75) is 26.2 Å². The molecule has 0 saturated carbocycles. The number of rotatable bonds is 1. The minimum absolute atomic E-state index is 0.0187. The Hall–Kier alpha value is -1.84.